The lowest BCUT2D eigenvalue weighted by Gasteiger charge is -2.34. The lowest BCUT2D eigenvalue weighted by Crippen LogP contribution is -2.42. The smallest absolute Gasteiger partial charge is 0.263 e. The van der Waals surface area contributed by atoms with Gasteiger partial charge in [0.05, 0.1) is 11.7 Å². The van der Waals surface area contributed by atoms with Crippen LogP contribution in [-0.2, 0) is 21.4 Å². The highest BCUT2D eigenvalue weighted by molar-refractivity contribution is 7.89. The molecule has 1 saturated heterocycles. The Labute approximate surface area is 231 Å². The van der Waals surface area contributed by atoms with Crippen LogP contribution in [0.15, 0.2) is 70.6 Å². The second-order valence-electron chi connectivity index (χ2n) is 10.1. The quantitative estimate of drug-likeness (QED) is 0.342. The van der Waals surface area contributed by atoms with E-state index >= 15 is 0 Å². The topological polar surface area (TPSA) is 111 Å². The average Bonchev–Trinajstić information content (AvgIpc) is 3.24. The van der Waals surface area contributed by atoms with Crippen molar-refractivity contribution in [3.05, 3.63) is 76.2 Å². The summed E-state index contributed by atoms with van der Waals surface area (Å²) in [6, 6.07) is 16.2. The van der Waals surface area contributed by atoms with E-state index in [1.54, 1.807) is 31.2 Å². The first-order valence-electron chi connectivity index (χ1n) is 12.7. The Morgan fingerprint density at radius 3 is 2.36 bits per heavy atom. The molecule has 0 unspecified atom stereocenters. The molecule has 4 aromatic rings. The van der Waals surface area contributed by atoms with Gasteiger partial charge in [-0.25, -0.2) is 13.4 Å². The van der Waals surface area contributed by atoms with Gasteiger partial charge in [-0.3, -0.25) is 14.2 Å². The van der Waals surface area contributed by atoms with E-state index in [4.69, 9.17) is 4.74 Å². The summed E-state index contributed by atoms with van der Waals surface area (Å²) in [5, 5.41) is 2.81. The molecule has 1 aliphatic rings. The number of aryl methyl sites for hydroxylation is 1. The molecule has 0 bridgehead atoms. The summed E-state index contributed by atoms with van der Waals surface area (Å²) >= 11 is 1.17. The van der Waals surface area contributed by atoms with Gasteiger partial charge in [-0.2, -0.15) is 4.31 Å². The number of hydrogen-bond acceptors (Lipinski definition) is 7. The minimum Gasteiger partial charge on any atom is -0.457 e. The number of nitrogens with one attached hydrogen (secondary N) is 1. The van der Waals surface area contributed by atoms with Crippen molar-refractivity contribution in [2.45, 2.75) is 38.6 Å². The Hall–Kier alpha value is -3.54. The summed E-state index contributed by atoms with van der Waals surface area (Å²) in [6.45, 7) is 6.28. The van der Waals surface area contributed by atoms with Crippen LogP contribution in [0.25, 0.3) is 10.2 Å². The molecule has 0 saturated carbocycles. The van der Waals surface area contributed by atoms with Crippen molar-refractivity contribution < 1.29 is 17.9 Å². The van der Waals surface area contributed by atoms with Gasteiger partial charge in [0.15, 0.2) is 0 Å². The maximum Gasteiger partial charge on any atom is 0.263 e. The lowest BCUT2D eigenvalue weighted by atomic mass is 9.94. The number of benzene rings is 2. The van der Waals surface area contributed by atoms with E-state index in [0.29, 0.717) is 40.0 Å². The number of carbonyl (C=O) groups excluding carboxylic acids is 1. The van der Waals surface area contributed by atoms with Crippen LogP contribution >= 0.6 is 11.3 Å². The van der Waals surface area contributed by atoms with Gasteiger partial charge in [-0.1, -0.05) is 32.0 Å². The van der Waals surface area contributed by atoms with Gasteiger partial charge >= 0.3 is 0 Å². The molecule has 0 radical (unpaired) electrons. The van der Waals surface area contributed by atoms with Gasteiger partial charge in [0.25, 0.3) is 5.56 Å². The molecule has 0 aliphatic carbocycles. The van der Waals surface area contributed by atoms with E-state index in [-0.39, 0.29) is 28.7 Å². The van der Waals surface area contributed by atoms with E-state index in [2.05, 4.69) is 10.3 Å². The fourth-order valence-corrected chi connectivity index (χ4v) is 8.40. The SMILES string of the molecule is Cc1sc2ncn(CC(=O)Nc3ccc(Oc4ccccc4)cc3)c(=O)c2c1S(=O)(=O)N1C[C@@H](C)C[C@H](C)C1. The number of thiophene rings is 1. The third kappa shape index (κ3) is 5.75. The zero-order valence-electron chi connectivity index (χ0n) is 22.0. The maximum absolute atomic E-state index is 13.7. The second kappa shape index (κ2) is 10.9. The predicted octanol–water partition coefficient (Wildman–Crippen LogP) is 4.86. The van der Waals surface area contributed by atoms with Gasteiger partial charge in [-0.05, 0) is 61.6 Å². The van der Waals surface area contributed by atoms with Crippen molar-refractivity contribution in [1.29, 1.82) is 0 Å². The number of fused-ring (bicyclic) bond motifs is 1. The number of sulfonamides is 1. The highest BCUT2D eigenvalue weighted by atomic mass is 32.2. The summed E-state index contributed by atoms with van der Waals surface area (Å²) in [7, 11) is -3.91. The summed E-state index contributed by atoms with van der Waals surface area (Å²) in [6.07, 6.45) is 2.25. The number of ether oxygens (including phenoxy) is 1. The third-order valence-corrected chi connectivity index (χ3v) is 9.81. The zero-order chi connectivity index (χ0) is 27.7. The molecule has 1 fully saturated rings. The molecule has 39 heavy (non-hydrogen) atoms. The highest BCUT2D eigenvalue weighted by Gasteiger charge is 2.35. The van der Waals surface area contributed by atoms with Crippen LogP contribution < -0.4 is 15.6 Å². The van der Waals surface area contributed by atoms with Crippen LogP contribution in [0.2, 0.25) is 0 Å². The molecule has 2 aromatic heterocycles. The summed E-state index contributed by atoms with van der Waals surface area (Å²) < 4.78 is 35.8. The molecular formula is C28H30N4O5S2. The molecule has 1 aliphatic heterocycles. The molecule has 1 N–H and O–H groups in total. The molecule has 204 valence electrons. The Kier molecular flexibility index (Phi) is 7.57. The van der Waals surface area contributed by atoms with Crippen LogP contribution in [0.5, 0.6) is 11.5 Å². The Bertz CT molecular complexity index is 1650. The third-order valence-electron chi connectivity index (χ3n) is 6.66. The summed E-state index contributed by atoms with van der Waals surface area (Å²) in [5.41, 5.74) is -0.0201. The first-order valence-corrected chi connectivity index (χ1v) is 15.0. The molecule has 3 heterocycles. The van der Waals surface area contributed by atoms with Gasteiger partial charge in [0.1, 0.15) is 27.8 Å². The number of para-hydroxylation sites is 1. The van der Waals surface area contributed by atoms with Crippen molar-refractivity contribution in [1.82, 2.24) is 13.9 Å². The Morgan fingerprint density at radius 2 is 1.69 bits per heavy atom. The Morgan fingerprint density at radius 1 is 1.05 bits per heavy atom. The molecule has 2 atom stereocenters. The number of amides is 1. The predicted molar refractivity (Wildman–Crippen MR) is 152 cm³/mol. The number of aromatic nitrogens is 2. The van der Waals surface area contributed by atoms with E-state index in [1.165, 1.54) is 22.0 Å². The molecular weight excluding hydrogens is 536 g/mol. The van der Waals surface area contributed by atoms with Crippen molar-refractivity contribution >= 4 is 43.2 Å². The maximum atomic E-state index is 13.7. The first-order chi connectivity index (χ1) is 18.6. The van der Waals surface area contributed by atoms with E-state index in [1.807, 2.05) is 44.2 Å². The van der Waals surface area contributed by atoms with Gasteiger partial charge in [-0.15, -0.1) is 11.3 Å². The van der Waals surface area contributed by atoms with Crippen LogP contribution in [0.1, 0.15) is 25.1 Å². The largest absolute Gasteiger partial charge is 0.457 e. The number of carbonyl (C=O) groups is 1. The van der Waals surface area contributed by atoms with Crippen LogP contribution in [0.3, 0.4) is 0 Å². The van der Waals surface area contributed by atoms with Crippen molar-refractivity contribution in [3.63, 3.8) is 0 Å². The molecule has 5 rings (SSSR count). The minimum absolute atomic E-state index is 0.00469. The van der Waals surface area contributed by atoms with E-state index < -0.39 is 21.5 Å². The van der Waals surface area contributed by atoms with Crippen molar-refractivity contribution in [3.8, 4) is 11.5 Å². The number of anilines is 1. The summed E-state index contributed by atoms with van der Waals surface area (Å²) in [5.74, 6) is 1.33. The number of piperidine rings is 1. The Balaban J connectivity index is 1.36. The van der Waals surface area contributed by atoms with Crippen LogP contribution in [-0.4, -0.2) is 41.3 Å². The van der Waals surface area contributed by atoms with Crippen LogP contribution in [0, 0.1) is 18.8 Å². The normalized spacial score (nSPS) is 18.2. The average molecular weight is 567 g/mol. The number of rotatable bonds is 7. The number of nitrogens with zero attached hydrogens (tertiary/aromatic N) is 3. The molecule has 9 nitrogen and oxygen atoms in total. The highest BCUT2D eigenvalue weighted by Crippen LogP contribution is 2.35. The molecule has 11 heteroatoms. The fourth-order valence-electron chi connectivity index (χ4n) is 5.05. The fraction of sp³-hybridized carbons (Fsp3) is 0.321. The summed E-state index contributed by atoms with van der Waals surface area (Å²) in [4.78, 5) is 31.5. The molecule has 1 amide bonds. The minimum atomic E-state index is -3.91. The first kappa shape index (κ1) is 27.0. The van der Waals surface area contributed by atoms with Crippen molar-refractivity contribution in [2.75, 3.05) is 18.4 Å². The number of hydrogen-bond donors (Lipinski definition) is 1. The van der Waals surface area contributed by atoms with E-state index in [0.717, 1.165) is 11.0 Å². The second-order valence-corrected chi connectivity index (χ2v) is 13.2. The van der Waals surface area contributed by atoms with E-state index in [9.17, 15) is 18.0 Å². The monoisotopic (exact) mass is 566 g/mol. The standard InChI is InChI=1S/C28H30N4O5S2/c1-18-13-19(2)15-32(14-18)39(35,36)26-20(3)38-27-25(26)28(34)31(17-29-27)16-24(33)30-21-9-11-23(12-10-21)37-22-7-5-4-6-8-22/h4-12,17-19H,13-16H2,1-3H3,(H,30,33)/t18-,19-/m0/s1. The van der Waals surface area contributed by atoms with Gasteiger partial charge in [0, 0.05) is 23.7 Å². The van der Waals surface area contributed by atoms with Gasteiger partial charge < -0.3 is 10.1 Å². The molecule has 2 aromatic carbocycles. The van der Waals surface area contributed by atoms with Crippen LogP contribution in [0.4, 0.5) is 5.69 Å². The van der Waals surface area contributed by atoms with Crippen molar-refractivity contribution in [2.24, 2.45) is 11.8 Å². The van der Waals surface area contributed by atoms with Gasteiger partial charge in [0.2, 0.25) is 15.9 Å². The molecule has 0 spiro atoms. The lowest BCUT2D eigenvalue weighted by molar-refractivity contribution is -0.116. The zero-order valence-corrected chi connectivity index (χ0v) is 23.6.